The van der Waals surface area contributed by atoms with Gasteiger partial charge in [-0.25, -0.2) is 4.98 Å². The van der Waals surface area contributed by atoms with Gasteiger partial charge in [-0.3, -0.25) is 9.69 Å². The van der Waals surface area contributed by atoms with Crippen LogP contribution in [0.4, 0.5) is 0 Å². The Bertz CT molecular complexity index is 692. The minimum Gasteiger partial charge on any atom is -0.441 e. The number of hydrogen-bond donors (Lipinski definition) is 0. The summed E-state index contributed by atoms with van der Waals surface area (Å²) < 4.78 is 5.84. The number of rotatable bonds is 6. The highest BCUT2D eigenvalue weighted by Gasteiger charge is 2.29. The van der Waals surface area contributed by atoms with Gasteiger partial charge in [0.1, 0.15) is 5.76 Å². The van der Waals surface area contributed by atoms with E-state index in [1.54, 1.807) is 11.3 Å². The molecule has 0 aliphatic carbocycles. The van der Waals surface area contributed by atoms with Crippen LogP contribution < -0.4 is 0 Å². The molecule has 5 nitrogen and oxygen atoms in total. The SMILES string of the molecule is CCN(CC)C(=O)C1CCCN(Cc2nc(-c3ccsc3)oc2C)C1. The summed E-state index contributed by atoms with van der Waals surface area (Å²) in [5.74, 6) is 1.97. The molecule has 136 valence electrons. The van der Waals surface area contributed by atoms with Crippen molar-refractivity contribution in [3.63, 3.8) is 0 Å². The van der Waals surface area contributed by atoms with Gasteiger partial charge < -0.3 is 9.32 Å². The number of piperidine rings is 1. The molecule has 3 heterocycles. The number of carbonyl (C=O) groups excluding carboxylic acids is 1. The minimum atomic E-state index is 0.109. The maximum atomic E-state index is 12.7. The first-order chi connectivity index (χ1) is 12.1. The van der Waals surface area contributed by atoms with Crippen LogP contribution in [0, 0.1) is 12.8 Å². The molecule has 0 N–H and O–H groups in total. The molecule has 0 aromatic carbocycles. The van der Waals surface area contributed by atoms with Crippen molar-refractivity contribution >= 4 is 17.2 Å². The van der Waals surface area contributed by atoms with Crippen LogP contribution in [0.3, 0.4) is 0 Å². The van der Waals surface area contributed by atoms with Gasteiger partial charge in [-0.1, -0.05) is 0 Å². The molecule has 1 amide bonds. The Morgan fingerprint density at radius 1 is 1.44 bits per heavy atom. The second-order valence-corrected chi connectivity index (χ2v) is 7.40. The van der Waals surface area contributed by atoms with Crippen molar-refractivity contribution in [2.75, 3.05) is 26.2 Å². The Kier molecular flexibility index (Phi) is 5.91. The first-order valence-corrected chi connectivity index (χ1v) is 10.1. The fraction of sp³-hybridized carbons (Fsp3) is 0.579. The van der Waals surface area contributed by atoms with Gasteiger partial charge in [0.15, 0.2) is 0 Å². The van der Waals surface area contributed by atoms with Gasteiger partial charge in [-0.05, 0) is 51.6 Å². The molecule has 25 heavy (non-hydrogen) atoms. The van der Waals surface area contributed by atoms with E-state index in [1.165, 1.54) is 0 Å². The van der Waals surface area contributed by atoms with E-state index in [9.17, 15) is 4.79 Å². The molecule has 0 radical (unpaired) electrons. The summed E-state index contributed by atoms with van der Waals surface area (Å²) in [6.45, 7) is 10.2. The van der Waals surface area contributed by atoms with E-state index in [0.29, 0.717) is 11.8 Å². The van der Waals surface area contributed by atoms with Crippen molar-refractivity contribution in [2.24, 2.45) is 5.92 Å². The van der Waals surface area contributed by atoms with Gasteiger partial charge in [0.2, 0.25) is 11.8 Å². The molecule has 2 aromatic rings. The average molecular weight is 362 g/mol. The summed E-state index contributed by atoms with van der Waals surface area (Å²) in [5, 5.41) is 4.08. The maximum Gasteiger partial charge on any atom is 0.227 e. The largest absolute Gasteiger partial charge is 0.441 e. The van der Waals surface area contributed by atoms with Crippen LogP contribution in [-0.4, -0.2) is 46.9 Å². The van der Waals surface area contributed by atoms with E-state index in [1.807, 2.05) is 37.1 Å². The van der Waals surface area contributed by atoms with E-state index in [0.717, 1.165) is 62.6 Å². The van der Waals surface area contributed by atoms with E-state index in [2.05, 4.69) is 15.3 Å². The fourth-order valence-electron chi connectivity index (χ4n) is 3.49. The molecular weight excluding hydrogens is 334 g/mol. The summed E-state index contributed by atoms with van der Waals surface area (Å²) in [4.78, 5) is 21.6. The number of aryl methyl sites for hydroxylation is 1. The van der Waals surface area contributed by atoms with E-state index < -0.39 is 0 Å². The third kappa shape index (κ3) is 4.12. The first kappa shape index (κ1) is 18.1. The molecule has 3 rings (SSSR count). The van der Waals surface area contributed by atoms with Gasteiger partial charge in [-0.2, -0.15) is 11.3 Å². The lowest BCUT2D eigenvalue weighted by Crippen LogP contribution is -2.44. The molecule has 0 spiro atoms. The van der Waals surface area contributed by atoms with Gasteiger partial charge >= 0.3 is 0 Å². The fourth-order valence-corrected chi connectivity index (χ4v) is 4.12. The lowest BCUT2D eigenvalue weighted by Gasteiger charge is -2.34. The zero-order valence-corrected chi connectivity index (χ0v) is 16.1. The molecule has 0 saturated carbocycles. The average Bonchev–Trinajstić information content (AvgIpc) is 3.27. The van der Waals surface area contributed by atoms with Crippen LogP contribution in [0.1, 0.15) is 38.1 Å². The quantitative estimate of drug-likeness (QED) is 0.785. The molecule has 1 unspecified atom stereocenters. The Morgan fingerprint density at radius 3 is 2.92 bits per heavy atom. The highest BCUT2D eigenvalue weighted by molar-refractivity contribution is 7.08. The summed E-state index contributed by atoms with van der Waals surface area (Å²) in [6, 6.07) is 2.03. The minimum absolute atomic E-state index is 0.109. The van der Waals surface area contributed by atoms with Gasteiger partial charge in [0.25, 0.3) is 0 Å². The smallest absolute Gasteiger partial charge is 0.227 e. The number of nitrogens with zero attached hydrogens (tertiary/aromatic N) is 3. The van der Waals surface area contributed by atoms with Crippen molar-refractivity contribution in [1.82, 2.24) is 14.8 Å². The molecule has 1 fully saturated rings. The Morgan fingerprint density at radius 2 is 2.24 bits per heavy atom. The van der Waals surface area contributed by atoms with Crippen LogP contribution in [0.5, 0.6) is 0 Å². The van der Waals surface area contributed by atoms with E-state index >= 15 is 0 Å². The predicted molar refractivity (Wildman–Crippen MR) is 100 cm³/mol. The summed E-state index contributed by atoms with van der Waals surface area (Å²) >= 11 is 1.64. The lowest BCUT2D eigenvalue weighted by atomic mass is 9.96. The molecule has 1 atom stereocenters. The second-order valence-electron chi connectivity index (χ2n) is 6.62. The standard InChI is InChI=1S/C19H27N3O2S/c1-4-22(5-2)19(23)15-7-6-9-21(11-15)12-17-14(3)24-18(20-17)16-8-10-25-13-16/h8,10,13,15H,4-7,9,11-12H2,1-3H3. The Labute approximate surface area is 153 Å². The van der Waals surface area contributed by atoms with E-state index in [-0.39, 0.29) is 5.92 Å². The van der Waals surface area contributed by atoms with Crippen molar-refractivity contribution in [2.45, 2.75) is 40.2 Å². The first-order valence-electron chi connectivity index (χ1n) is 9.12. The van der Waals surface area contributed by atoms with Crippen LogP contribution >= 0.6 is 11.3 Å². The number of thiophene rings is 1. The number of amides is 1. The molecule has 1 aliphatic heterocycles. The molecule has 1 aliphatic rings. The lowest BCUT2D eigenvalue weighted by molar-refractivity contribution is -0.137. The van der Waals surface area contributed by atoms with Gasteiger partial charge in [0, 0.05) is 37.1 Å². The number of aromatic nitrogens is 1. The zero-order chi connectivity index (χ0) is 17.8. The van der Waals surface area contributed by atoms with Crippen LogP contribution in [0.15, 0.2) is 21.2 Å². The molecule has 6 heteroatoms. The second kappa shape index (κ2) is 8.15. The van der Waals surface area contributed by atoms with Gasteiger partial charge in [-0.15, -0.1) is 0 Å². The van der Waals surface area contributed by atoms with Crippen molar-refractivity contribution in [3.05, 3.63) is 28.3 Å². The summed E-state index contributed by atoms with van der Waals surface area (Å²) in [5.41, 5.74) is 2.02. The van der Waals surface area contributed by atoms with Crippen molar-refractivity contribution in [1.29, 1.82) is 0 Å². The van der Waals surface area contributed by atoms with Crippen molar-refractivity contribution in [3.8, 4) is 11.5 Å². The predicted octanol–water partition coefficient (Wildman–Crippen LogP) is 3.79. The summed E-state index contributed by atoms with van der Waals surface area (Å²) in [6.07, 6.45) is 2.05. The Balaban J connectivity index is 1.66. The normalized spacial score (nSPS) is 18.4. The zero-order valence-electron chi connectivity index (χ0n) is 15.3. The molecule has 1 saturated heterocycles. The topological polar surface area (TPSA) is 49.6 Å². The third-order valence-electron chi connectivity index (χ3n) is 4.96. The monoisotopic (exact) mass is 361 g/mol. The highest BCUT2D eigenvalue weighted by Crippen LogP contribution is 2.26. The van der Waals surface area contributed by atoms with Crippen molar-refractivity contribution < 1.29 is 9.21 Å². The maximum absolute atomic E-state index is 12.7. The number of hydrogen-bond acceptors (Lipinski definition) is 5. The van der Waals surface area contributed by atoms with Crippen LogP contribution in [0.2, 0.25) is 0 Å². The molecular formula is C19H27N3O2S. The number of oxazole rings is 1. The third-order valence-corrected chi connectivity index (χ3v) is 5.65. The van der Waals surface area contributed by atoms with Gasteiger partial charge in [0.05, 0.1) is 11.6 Å². The highest BCUT2D eigenvalue weighted by atomic mass is 32.1. The summed E-state index contributed by atoms with van der Waals surface area (Å²) in [7, 11) is 0. The molecule has 0 bridgehead atoms. The Hall–Kier alpha value is -1.66. The van der Waals surface area contributed by atoms with Crippen LogP contribution in [-0.2, 0) is 11.3 Å². The number of likely N-dealkylation sites (tertiary alicyclic amines) is 1. The van der Waals surface area contributed by atoms with E-state index in [4.69, 9.17) is 4.42 Å². The van der Waals surface area contributed by atoms with Crippen LogP contribution in [0.25, 0.3) is 11.5 Å². The number of carbonyl (C=O) groups is 1. The molecule has 2 aromatic heterocycles.